The van der Waals surface area contributed by atoms with Crippen LogP contribution in [0.5, 0.6) is 0 Å². The van der Waals surface area contributed by atoms with Crippen LogP contribution in [-0.2, 0) is 19.1 Å². The van der Waals surface area contributed by atoms with Crippen LogP contribution in [0.25, 0.3) is 0 Å². The largest absolute Gasteiger partial charge is 0.372 e. The topological polar surface area (TPSA) is 59.1 Å². The Labute approximate surface area is 131 Å². The van der Waals surface area contributed by atoms with Crippen molar-refractivity contribution < 1.29 is 19.1 Å². The lowest BCUT2D eigenvalue weighted by Gasteiger charge is -2.48. The van der Waals surface area contributed by atoms with Crippen molar-refractivity contribution in [2.45, 2.75) is 50.2 Å². The average Bonchev–Trinajstić information content (AvgIpc) is 2.68. The van der Waals surface area contributed by atoms with E-state index < -0.39 is 6.10 Å². The number of methoxy groups -OCH3 is 1. The van der Waals surface area contributed by atoms with E-state index in [-0.39, 0.29) is 24.0 Å². The van der Waals surface area contributed by atoms with Crippen LogP contribution in [0.4, 0.5) is 0 Å². The molecule has 1 unspecified atom stereocenters. The van der Waals surface area contributed by atoms with Crippen LogP contribution in [0.2, 0.25) is 0 Å². The maximum atomic E-state index is 12.6. The lowest BCUT2D eigenvalue weighted by molar-refractivity contribution is -0.169. The van der Waals surface area contributed by atoms with E-state index in [4.69, 9.17) is 9.47 Å². The summed E-state index contributed by atoms with van der Waals surface area (Å²) in [7, 11) is 1.57. The fourth-order valence-corrected chi connectivity index (χ4v) is 3.64. The van der Waals surface area contributed by atoms with E-state index in [1.54, 1.807) is 12.0 Å². The van der Waals surface area contributed by atoms with Gasteiger partial charge in [0.15, 0.2) is 0 Å². The highest BCUT2D eigenvalue weighted by Crippen LogP contribution is 2.38. The average molecular weight is 310 g/mol. The molecule has 2 amide bonds. The normalized spacial score (nSPS) is 28.4. The third-order valence-corrected chi connectivity index (χ3v) is 5.21. The summed E-state index contributed by atoms with van der Waals surface area (Å²) in [5.41, 5.74) is -0.0915. The number of carbonyl (C=O) groups is 2. The fraction of sp³-hybridized carbons (Fsp3) is 0.875. The van der Waals surface area contributed by atoms with Gasteiger partial charge in [-0.25, -0.2) is 0 Å². The number of amides is 2. The minimum atomic E-state index is -0.391. The van der Waals surface area contributed by atoms with Crippen LogP contribution in [0.15, 0.2) is 0 Å². The molecule has 0 aromatic rings. The zero-order chi connectivity index (χ0) is 15.6. The number of morpholine rings is 1. The van der Waals surface area contributed by atoms with E-state index in [1.807, 2.05) is 4.90 Å². The minimum Gasteiger partial charge on any atom is -0.372 e. The van der Waals surface area contributed by atoms with Crippen LogP contribution in [0, 0.1) is 0 Å². The highest BCUT2D eigenvalue weighted by atomic mass is 16.5. The summed E-state index contributed by atoms with van der Waals surface area (Å²) in [4.78, 5) is 28.5. The molecule has 22 heavy (non-hydrogen) atoms. The highest BCUT2D eigenvalue weighted by Gasteiger charge is 2.43. The minimum absolute atomic E-state index is 0.0414. The predicted octanol–water partition coefficient (Wildman–Crippen LogP) is 0.795. The number of rotatable bonds is 3. The van der Waals surface area contributed by atoms with Gasteiger partial charge >= 0.3 is 0 Å². The van der Waals surface area contributed by atoms with Crippen molar-refractivity contribution in [2.75, 3.05) is 39.9 Å². The van der Waals surface area contributed by atoms with Crippen LogP contribution >= 0.6 is 0 Å². The van der Waals surface area contributed by atoms with Gasteiger partial charge in [0.05, 0.1) is 18.8 Å². The van der Waals surface area contributed by atoms with Gasteiger partial charge in [-0.3, -0.25) is 9.59 Å². The van der Waals surface area contributed by atoms with Gasteiger partial charge in [-0.1, -0.05) is 0 Å². The summed E-state index contributed by atoms with van der Waals surface area (Å²) in [6.45, 7) is 2.76. The van der Waals surface area contributed by atoms with E-state index in [1.165, 1.54) is 6.42 Å². The molecule has 0 bridgehead atoms. The van der Waals surface area contributed by atoms with Gasteiger partial charge in [-0.15, -0.1) is 0 Å². The van der Waals surface area contributed by atoms with Crippen LogP contribution < -0.4 is 0 Å². The smallest absolute Gasteiger partial charge is 0.252 e. The van der Waals surface area contributed by atoms with Gasteiger partial charge in [0.2, 0.25) is 5.91 Å². The molecule has 6 nitrogen and oxygen atoms in total. The second-order valence-electron chi connectivity index (χ2n) is 6.68. The Morgan fingerprint density at radius 1 is 1.32 bits per heavy atom. The monoisotopic (exact) mass is 310 g/mol. The van der Waals surface area contributed by atoms with Gasteiger partial charge < -0.3 is 19.3 Å². The Morgan fingerprint density at radius 3 is 2.82 bits per heavy atom. The molecule has 0 aromatic heterocycles. The van der Waals surface area contributed by atoms with Crippen molar-refractivity contribution in [3.63, 3.8) is 0 Å². The van der Waals surface area contributed by atoms with E-state index in [0.717, 1.165) is 32.1 Å². The Morgan fingerprint density at radius 2 is 2.14 bits per heavy atom. The van der Waals surface area contributed by atoms with E-state index in [2.05, 4.69) is 0 Å². The third-order valence-electron chi connectivity index (χ3n) is 5.21. The summed E-state index contributed by atoms with van der Waals surface area (Å²) < 4.78 is 11.1. The Bertz CT molecular complexity index is 436. The van der Waals surface area contributed by atoms with E-state index in [0.29, 0.717) is 26.2 Å². The lowest BCUT2D eigenvalue weighted by Crippen LogP contribution is -2.58. The number of ether oxygens (including phenoxy) is 2. The quantitative estimate of drug-likeness (QED) is 0.773. The molecular formula is C16H26N2O4. The van der Waals surface area contributed by atoms with Gasteiger partial charge in [-0.2, -0.15) is 0 Å². The van der Waals surface area contributed by atoms with Crippen molar-refractivity contribution in [1.29, 1.82) is 0 Å². The molecule has 1 spiro atoms. The maximum Gasteiger partial charge on any atom is 0.252 e. The molecule has 6 heteroatoms. The van der Waals surface area contributed by atoms with Crippen LogP contribution in [-0.4, -0.2) is 73.2 Å². The van der Waals surface area contributed by atoms with E-state index in [9.17, 15) is 9.59 Å². The van der Waals surface area contributed by atoms with Gasteiger partial charge in [0, 0.05) is 26.7 Å². The molecular weight excluding hydrogens is 284 g/mol. The molecule has 3 rings (SSSR count). The Hall–Kier alpha value is -1.14. The first-order valence-corrected chi connectivity index (χ1v) is 8.37. The second kappa shape index (κ2) is 6.54. The summed E-state index contributed by atoms with van der Waals surface area (Å²) in [6, 6.07) is 0. The molecule has 0 aromatic carbocycles. The second-order valence-corrected chi connectivity index (χ2v) is 6.68. The summed E-state index contributed by atoms with van der Waals surface area (Å²) >= 11 is 0. The predicted molar refractivity (Wildman–Crippen MR) is 80.3 cm³/mol. The zero-order valence-corrected chi connectivity index (χ0v) is 13.4. The third kappa shape index (κ3) is 3.13. The first kappa shape index (κ1) is 15.7. The molecule has 2 heterocycles. The number of likely N-dealkylation sites (tertiary alicyclic amines) is 1. The summed E-state index contributed by atoms with van der Waals surface area (Å²) in [6.07, 6.45) is 5.54. The number of hydrogen-bond acceptors (Lipinski definition) is 4. The summed E-state index contributed by atoms with van der Waals surface area (Å²) in [5, 5.41) is 0. The van der Waals surface area contributed by atoms with Crippen molar-refractivity contribution in [3.8, 4) is 0 Å². The van der Waals surface area contributed by atoms with Crippen molar-refractivity contribution in [1.82, 2.24) is 9.80 Å². The molecule has 124 valence electrons. The molecule has 1 saturated carbocycles. The first-order valence-electron chi connectivity index (χ1n) is 8.37. The molecule has 3 aliphatic rings. The van der Waals surface area contributed by atoms with Crippen molar-refractivity contribution >= 4 is 11.8 Å². The fourth-order valence-electron chi connectivity index (χ4n) is 3.64. The SMILES string of the molecule is COC1CCCCN(CC(=O)N2CCOC3(CCC3)C2)C1=O. The number of hydrogen-bond donors (Lipinski definition) is 0. The van der Waals surface area contributed by atoms with Crippen molar-refractivity contribution in [2.24, 2.45) is 0 Å². The molecule has 1 aliphatic carbocycles. The standard InChI is InChI=1S/C16H26N2O4/c1-21-13-5-2-3-8-17(15(13)20)11-14(19)18-9-10-22-16(12-18)6-4-7-16/h13H,2-12H2,1H3. The maximum absolute atomic E-state index is 12.6. The zero-order valence-electron chi connectivity index (χ0n) is 13.4. The number of carbonyl (C=O) groups excluding carboxylic acids is 2. The highest BCUT2D eigenvalue weighted by molar-refractivity contribution is 5.87. The Kier molecular flexibility index (Phi) is 4.68. The van der Waals surface area contributed by atoms with Crippen LogP contribution in [0.1, 0.15) is 38.5 Å². The molecule has 2 saturated heterocycles. The molecule has 0 radical (unpaired) electrons. The van der Waals surface area contributed by atoms with Crippen LogP contribution in [0.3, 0.4) is 0 Å². The molecule has 0 N–H and O–H groups in total. The first-order chi connectivity index (χ1) is 10.6. The van der Waals surface area contributed by atoms with Gasteiger partial charge in [0.1, 0.15) is 6.10 Å². The van der Waals surface area contributed by atoms with E-state index >= 15 is 0 Å². The molecule has 3 fully saturated rings. The summed E-state index contributed by atoms with van der Waals surface area (Å²) in [5.74, 6) is -0.000329. The molecule has 2 aliphatic heterocycles. The van der Waals surface area contributed by atoms with Crippen molar-refractivity contribution in [3.05, 3.63) is 0 Å². The number of nitrogens with zero attached hydrogens (tertiary/aromatic N) is 2. The lowest BCUT2D eigenvalue weighted by atomic mass is 9.79. The molecule has 1 atom stereocenters. The van der Waals surface area contributed by atoms with Gasteiger partial charge in [-0.05, 0) is 38.5 Å². The van der Waals surface area contributed by atoms with Gasteiger partial charge in [0.25, 0.3) is 5.91 Å². The Balaban J connectivity index is 1.59.